The van der Waals surface area contributed by atoms with Crippen molar-refractivity contribution in [1.82, 2.24) is 10.2 Å². The fraction of sp³-hybridized carbons (Fsp3) is 0.350. The van der Waals surface area contributed by atoms with Crippen molar-refractivity contribution in [2.24, 2.45) is 0 Å². The third-order valence-corrected chi connectivity index (χ3v) is 4.40. The van der Waals surface area contributed by atoms with Gasteiger partial charge in [-0.25, -0.2) is 0 Å². The molecular weight excluding hydrogens is 350 g/mol. The molecule has 140 valence electrons. The third kappa shape index (κ3) is 5.46. The van der Waals surface area contributed by atoms with Gasteiger partial charge in [0.1, 0.15) is 5.75 Å². The fourth-order valence-electron chi connectivity index (χ4n) is 3.11. The lowest BCUT2D eigenvalue weighted by molar-refractivity contribution is 0.102. The molecule has 2 N–H and O–H groups in total. The lowest BCUT2D eigenvalue weighted by Gasteiger charge is -2.31. The van der Waals surface area contributed by atoms with Gasteiger partial charge in [-0.15, -0.1) is 12.4 Å². The molecule has 2 aromatic carbocycles. The summed E-state index contributed by atoms with van der Waals surface area (Å²) in [5.74, 6) is 0.624. The van der Waals surface area contributed by atoms with Crippen LogP contribution in [-0.2, 0) is 6.54 Å². The standard InChI is InChI=1S/C20H25N3O2.ClH/c1-15-13-23(11-10-21-15)14-16-4-3-5-18(12-16)22-20(24)17-6-8-19(25-2)9-7-17;/h3-9,12,15,21H,10-11,13-14H2,1-2H3,(H,22,24);1H. The minimum Gasteiger partial charge on any atom is -0.497 e. The average Bonchev–Trinajstić information content (AvgIpc) is 2.62. The summed E-state index contributed by atoms with van der Waals surface area (Å²) in [5.41, 5.74) is 2.64. The number of benzene rings is 2. The fourth-order valence-corrected chi connectivity index (χ4v) is 3.11. The maximum Gasteiger partial charge on any atom is 0.255 e. The highest BCUT2D eigenvalue weighted by Crippen LogP contribution is 2.16. The molecule has 0 saturated carbocycles. The molecular formula is C20H26ClN3O2. The summed E-state index contributed by atoms with van der Waals surface area (Å²) in [7, 11) is 1.61. The molecule has 0 radical (unpaired) electrons. The van der Waals surface area contributed by atoms with Gasteiger partial charge in [0.2, 0.25) is 0 Å². The van der Waals surface area contributed by atoms with Crippen LogP contribution < -0.4 is 15.4 Å². The number of hydrogen-bond donors (Lipinski definition) is 2. The second-order valence-electron chi connectivity index (χ2n) is 6.47. The van der Waals surface area contributed by atoms with Gasteiger partial charge in [0, 0.05) is 43.5 Å². The summed E-state index contributed by atoms with van der Waals surface area (Å²) in [4.78, 5) is 14.8. The van der Waals surface area contributed by atoms with Crippen LogP contribution in [0, 0.1) is 0 Å². The Morgan fingerprint density at radius 1 is 1.27 bits per heavy atom. The Balaban J connectivity index is 0.00000243. The Hall–Kier alpha value is -2.08. The summed E-state index contributed by atoms with van der Waals surface area (Å²) in [6.45, 7) is 6.22. The van der Waals surface area contributed by atoms with Gasteiger partial charge in [0.05, 0.1) is 7.11 Å². The van der Waals surface area contributed by atoms with Crippen LogP contribution in [0.1, 0.15) is 22.8 Å². The molecule has 1 unspecified atom stereocenters. The zero-order chi connectivity index (χ0) is 17.6. The molecule has 1 amide bonds. The van der Waals surface area contributed by atoms with Gasteiger partial charge in [0.25, 0.3) is 5.91 Å². The van der Waals surface area contributed by atoms with E-state index in [1.165, 1.54) is 5.56 Å². The van der Waals surface area contributed by atoms with Crippen LogP contribution in [0.2, 0.25) is 0 Å². The number of carbonyl (C=O) groups excluding carboxylic acids is 1. The Morgan fingerprint density at radius 3 is 2.73 bits per heavy atom. The molecule has 1 heterocycles. The van der Waals surface area contributed by atoms with E-state index in [4.69, 9.17) is 4.74 Å². The van der Waals surface area contributed by atoms with Crippen molar-refractivity contribution in [3.8, 4) is 5.75 Å². The number of halogens is 1. The van der Waals surface area contributed by atoms with Crippen molar-refractivity contribution in [2.45, 2.75) is 19.5 Å². The lowest BCUT2D eigenvalue weighted by atomic mass is 10.1. The summed E-state index contributed by atoms with van der Waals surface area (Å²) in [6.07, 6.45) is 0. The molecule has 5 nitrogen and oxygen atoms in total. The number of nitrogens with one attached hydrogen (secondary N) is 2. The van der Waals surface area contributed by atoms with E-state index in [9.17, 15) is 4.79 Å². The third-order valence-electron chi connectivity index (χ3n) is 4.40. The normalized spacial score (nSPS) is 17.2. The predicted molar refractivity (Wildman–Crippen MR) is 107 cm³/mol. The highest BCUT2D eigenvalue weighted by atomic mass is 35.5. The minimum absolute atomic E-state index is 0. The van der Waals surface area contributed by atoms with Crippen LogP contribution in [0.4, 0.5) is 5.69 Å². The Bertz CT molecular complexity index is 721. The van der Waals surface area contributed by atoms with Crippen molar-refractivity contribution >= 4 is 24.0 Å². The molecule has 0 spiro atoms. The molecule has 2 aromatic rings. The molecule has 0 aliphatic carbocycles. The number of methoxy groups -OCH3 is 1. The molecule has 0 bridgehead atoms. The average molecular weight is 376 g/mol. The van der Waals surface area contributed by atoms with E-state index in [0.717, 1.165) is 37.6 Å². The number of rotatable bonds is 5. The molecule has 26 heavy (non-hydrogen) atoms. The van der Waals surface area contributed by atoms with Crippen molar-refractivity contribution in [1.29, 1.82) is 0 Å². The number of piperazine rings is 1. The van der Waals surface area contributed by atoms with E-state index in [1.807, 2.05) is 18.2 Å². The van der Waals surface area contributed by atoms with E-state index in [1.54, 1.807) is 31.4 Å². The van der Waals surface area contributed by atoms with Gasteiger partial charge in [0.15, 0.2) is 0 Å². The summed E-state index contributed by atoms with van der Waals surface area (Å²) in [5, 5.41) is 6.43. The number of hydrogen-bond acceptors (Lipinski definition) is 4. The summed E-state index contributed by atoms with van der Waals surface area (Å²) in [6, 6.07) is 15.7. The molecule has 6 heteroatoms. The highest BCUT2D eigenvalue weighted by Gasteiger charge is 2.15. The number of ether oxygens (including phenoxy) is 1. The van der Waals surface area contributed by atoms with Gasteiger partial charge < -0.3 is 15.4 Å². The van der Waals surface area contributed by atoms with Gasteiger partial charge in [-0.2, -0.15) is 0 Å². The minimum atomic E-state index is -0.115. The van der Waals surface area contributed by atoms with Crippen molar-refractivity contribution < 1.29 is 9.53 Å². The van der Waals surface area contributed by atoms with Crippen LogP contribution in [0.15, 0.2) is 48.5 Å². The van der Waals surface area contributed by atoms with Crippen molar-refractivity contribution in [2.75, 3.05) is 32.1 Å². The van der Waals surface area contributed by atoms with Crippen LogP contribution in [-0.4, -0.2) is 43.6 Å². The monoisotopic (exact) mass is 375 g/mol. The first-order chi connectivity index (χ1) is 12.1. The maximum atomic E-state index is 12.4. The Labute approximate surface area is 161 Å². The first kappa shape index (κ1) is 20.2. The highest BCUT2D eigenvalue weighted by molar-refractivity contribution is 6.04. The molecule has 1 aliphatic heterocycles. The largest absolute Gasteiger partial charge is 0.497 e. The number of anilines is 1. The van der Waals surface area contributed by atoms with Crippen LogP contribution in [0.25, 0.3) is 0 Å². The Morgan fingerprint density at radius 2 is 2.04 bits per heavy atom. The van der Waals surface area contributed by atoms with Gasteiger partial charge in [-0.3, -0.25) is 9.69 Å². The van der Waals surface area contributed by atoms with E-state index >= 15 is 0 Å². The van der Waals surface area contributed by atoms with Gasteiger partial charge in [-0.05, 0) is 48.9 Å². The molecule has 3 rings (SSSR count). The predicted octanol–water partition coefficient (Wildman–Crippen LogP) is 3.16. The van der Waals surface area contributed by atoms with Crippen LogP contribution in [0.3, 0.4) is 0 Å². The molecule has 0 aromatic heterocycles. The van der Waals surface area contributed by atoms with E-state index < -0.39 is 0 Å². The van der Waals surface area contributed by atoms with E-state index in [0.29, 0.717) is 11.6 Å². The maximum absolute atomic E-state index is 12.4. The molecule has 1 atom stereocenters. The van der Waals surface area contributed by atoms with E-state index in [-0.39, 0.29) is 18.3 Å². The number of nitrogens with zero attached hydrogens (tertiary/aromatic N) is 1. The van der Waals surface area contributed by atoms with Crippen LogP contribution >= 0.6 is 12.4 Å². The first-order valence-corrected chi connectivity index (χ1v) is 8.64. The first-order valence-electron chi connectivity index (χ1n) is 8.64. The molecule has 1 fully saturated rings. The summed E-state index contributed by atoms with van der Waals surface area (Å²) < 4.78 is 5.12. The van der Waals surface area contributed by atoms with Gasteiger partial charge >= 0.3 is 0 Å². The zero-order valence-corrected chi connectivity index (χ0v) is 16.0. The topological polar surface area (TPSA) is 53.6 Å². The van der Waals surface area contributed by atoms with E-state index in [2.05, 4.69) is 28.5 Å². The van der Waals surface area contributed by atoms with Crippen molar-refractivity contribution in [3.63, 3.8) is 0 Å². The number of carbonyl (C=O) groups is 1. The molecule has 1 saturated heterocycles. The molecule has 1 aliphatic rings. The quantitative estimate of drug-likeness (QED) is 0.842. The van der Waals surface area contributed by atoms with Crippen LogP contribution in [0.5, 0.6) is 5.75 Å². The second-order valence-corrected chi connectivity index (χ2v) is 6.47. The zero-order valence-electron chi connectivity index (χ0n) is 15.2. The van der Waals surface area contributed by atoms with Gasteiger partial charge in [-0.1, -0.05) is 12.1 Å². The second kappa shape index (κ2) is 9.57. The number of amides is 1. The van der Waals surface area contributed by atoms with Crippen molar-refractivity contribution in [3.05, 3.63) is 59.7 Å². The SMILES string of the molecule is COc1ccc(C(=O)Nc2cccc(CN3CCNC(C)C3)c2)cc1.Cl. The lowest BCUT2D eigenvalue weighted by Crippen LogP contribution is -2.48. The Kier molecular flexibility index (Phi) is 7.45. The smallest absolute Gasteiger partial charge is 0.255 e. The summed E-state index contributed by atoms with van der Waals surface area (Å²) >= 11 is 0.